The summed E-state index contributed by atoms with van der Waals surface area (Å²) in [6, 6.07) is 7.89. The van der Waals surface area contributed by atoms with Gasteiger partial charge in [-0.05, 0) is 12.5 Å². The monoisotopic (exact) mass is 347 g/mol. The first-order valence-corrected chi connectivity index (χ1v) is 8.00. The minimum absolute atomic E-state index is 0.00273. The molecule has 0 fully saturated rings. The van der Waals surface area contributed by atoms with E-state index >= 15 is 0 Å². The van der Waals surface area contributed by atoms with E-state index in [0.29, 0.717) is 5.52 Å². The van der Waals surface area contributed by atoms with Gasteiger partial charge in [-0.15, -0.1) is 0 Å². The van der Waals surface area contributed by atoms with E-state index in [1.165, 1.54) is 11.3 Å². The molecule has 0 unspecified atom stereocenters. The van der Waals surface area contributed by atoms with Crippen LogP contribution in [0, 0.1) is 0 Å². The lowest BCUT2D eigenvalue weighted by Gasteiger charge is -1.99. The molecular formula is C14H10BrN3OS. The number of nitrogens with zero attached hydrogens (tertiary/aromatic N) is 3. The molecular weight excluding hydrogens is 338 g/mol. The molecule has 0 saturated carbocycles. The molecule has 0 aliphatic carbocycles. The molecule has 20 heavy (non-hydrogen) atoms. The fourth-order valence-electron chi connectivity index (χ4n) is 2.52. The third kappa shape index (κ3) is 1.75. The van der Waals surface area contributed by atoms with Gasteiger partial charge in [-0.3, -0.25) is 9.36 Å². The van der Waals surface area contributed by atoms with Gasteiger partial charge in [0.15, 0.2) is 10.3 Å². The predicted molar refractivity (Wildman–Crippen MR) is 83.1 cm³/mol. The second-order valence-electron chi connectivity index (χ2n) is 4.74. The zero-order valence-electron chi connectivity index (χ0n) is 10.5. The van der Waals surface area contributed by atoms with E-state index in [2.05, 4.69) is 25.9 Å². The van der Waals surface area contributed by atoms with E-state index in [1.807, 2.05) is 24.3 Å². The number of hydrogen-bond donors (Lipinski definition) is 0. The molecule has 6 heteroatoms. The van der Waals surface area contributed by atoms with Crippen molar-refractivity contribution in [1.29, 1.82) is 0 Å². The maximum absolute atomic E-state index is 12.4. The number of benzene rings is 1. The maximum Gasteiger partial charge on any atom is 0.280 e. The standard InChI is InChI=1S/C14H10BrN3OS/c15-9-5-2-1-4-8(9)12-17-11-13(20-12)16-10-6-3-7-18(10)14(11)19/h1-2,4-5H,3,6-7H2. The van der Waals surface area contributed by atoms with E-state index in [1.54, 1.807) is 4.57 Å². The highest BCUT2D eigenvalue weighted by Crippen LogP contribution is 2.33. The summed E-state index contributed by atoms with van der Waals surface area (Å²) in [5.41, 5.74) is 1.49. The van der Waals surface area contributed by atoms with E-state index in [9.17, 15) is 4.79 Å². The fraction of sp³-hybridized carbons (Fsp3) is 0.214. The number of rotatable bonds is 1. The zero-order valence-corrected chi connectivity index (χ0v) is 12.9. The van der Waals surface area contributed by atoms with Crippen LogP contribution in [0.3, 0.4) is 0 Å². The molecule has 100 valence electrons. The van der Waals surface area contributed by atoms with Crippen LogP contribution in [0.1, 0.15) is 12.2 Å². The highest BCUT2D eigenvalue weighted by atomic mass is 79.9. The average molecular weight is 348 g/mol. The summed E-state index contributed by atoms with van der Waals surface area (Å²) in [6.45, 7) is 0.763. The van der Waals surface area contributed by atoms with Gasteiger partial charge >= 0.3 is 0 Å². The smallest absolute Gasteiger partial charge is 0.280 e. The highest BCUT2D eigenvalue weighted by molar-refractivity contribution is 9.10. The lowest BCUT2D eigenvalue weighted by molar-refractivity contribution is 0.718. The third-order valence-corrected chi connectivity index (χ3v) is 5.16. The minimum atomic E-state index is -0.00273. The number of aryl methyl sites for hydroxylation is 1. The molecule has 0 radical (unpaired) electrons. The average Bonchev–Trinajstić information content (AvgIpc) is 3.06. The highest BCUT2D eigenvalue weighted by Gasteiger charge is 2.19. The van der Waals surface area contributed by atoms with Crippen LogP contribution in [0.4, 0.5) is 0 Å². The van der Waals surface area contributed by atoms with Crippen molar-refractivity contribution in [1.82, 2.24) is 14.5 Å². The van der Waals surface area contributed by atoms with Gasteiger partial charge in [0.05, 0.1) is 0 Å². The third-order valence-electron chi connectivity index (χ3n) is 3.49. The molecule has 3 heterocycles. The molecule has 3 aromatic rings. The van der Waals surface area contributed by atoms with Crippen LogP contribution in [0.2, 0.25) is 0 Å². The Morgan fingerprint density at radius 3 is 2.95 bits per heavy atom. The van der Waals surface area contributed by atoms with Crippen molar-refractivity contribution in [2.24, 2.45) is 0 Å². The molecule has 2 aromatic heterocycles. The second kappa shape index (κ2) is 4.49. The Morgan fingerprint density at radius 2 is 2.10 bits per heavy atom. The number of fused-ring (bicyclic) bond motifs is 2. The SMILES string of the molecule is O=c1c2nc(-c3ccccc3Br)sc2nc2n1CCC2. The molecule has 0 spiro atoms. The molecule has 4 nitrogen and oxygen atoms in total. The Balaban J connectivity index is 1.99. The van der Waals surface area contributed by atoms with Gasteiger partial charge in [-0.1, -0.05) is 45.5 Å². The molecule has 4 rings (SSSR count). The van der Waals surface area contributed by atoms with Crippen molar-refractivity contribution in [3.05, 3.63) is 44.9 Å². The summed E-state index contributed by atoms with van der Waals surface area (Å²) in [5, 5.41) is 0.835. The van der Waals surface area contributed by atoms with Gasteiger partial charge < -0.3 is 0 Å². The lowest BCUT2D eigenvalue weighted by atomic mass is 10.2. The van der Waals surface area contributed by atoms with Crippen LogP contribution in [0.5, 0.6) is 0 Å². The van der Waals surface area contributed by atoms with E-state index in [0.717, 1.165) is 45.1 Å². The Labute approximate surface area is 127 Å². The molecule has 0 saturated heterocycles. The van der Waals surface area contributed by atoms with Crippen LogP contribution in [-0.2, 0) is 13.0 Å². The van der Waals surface area contributed by atoms with Crippen molar-refractivity contribution in [2.45, 2.75) is 19.4 Å². The van der Waals surface area contributed by atoms with Crippen molar-refractivity contribution < 1.29 is 0 Å². The Morgan fingerprint density at radius 1 is 1.25 bits per heavy atom. The first kappa shape index (κ1) is 12.2. The summed E-state index contributed by atoms with van der Waals surface area (Å²) >= 11 is 5.00. The lowest BCUT2D eigenvalue weighted by Crippen LogP contribution is -2.20. The number of halogens is 1. The van der Waals surface area contributed by atoms with Gasteiger partial charge in [0.2, 0.25) is 0 Å². The summed E-state index contributed by atoms with van der Waals surface area (Å²) in [4.78, 5) is 22.3. The Bertz CT molecular complexity index is 884. The molecule has 0 amide bonds. The van der Waals surface area contributed by atoms with Crippen LogP contribution in [0.15, 0.2) is 33.5 Å². The minimum Gasteiger partial charge on any atom is -0.295 e. The first-order valence-electron chi connectivity index (χ1n) is 6.39. The van der Waals surface area contributed by atoms with Gasteiger partial charge in [0, 0.05) is 23.0 Å². The number of aromatic nitrogens is 3. The Kier molecular flexibility index (Phi) is 2.75. The van der Waals surface area contributed by atoms with Gasteiger partial charge in [0.25, 0.3) is 5.56 Å². The van der Waals surface area contributed by atoms with Gasteiger partial charge in [0.1, 0.15) is 10.8 Å². The van der Waals surface area contributed by atoms with E-state index in [-0.39, 0.29) is 5.56 Å². The molecule has 0 atom stereocenters. The zero-order chi connectivity index (χ0) is 13.7. The summed E-state index contributed by atoms with van der Waals surface area (Å²) in [5.74, 6) is 0.893. The van der Waals surface area contributed by atoms with E-state index in [4.69, 9.17) is 0 Å². The fourth-order valence-corrected chi connectivity index (χ4v) is 4.11. The number of thiazole rings is 1. The number of hydrogen-bond acceptors (Lipinski definition) is 4. The summed E-state index contributed by atoms with van der Waals surface area (Å²) < 4.78 is 2.73. The summed E-state index contributed by atoms with van der Waals surface area (Å²) in [6.07, 6.45) is 1.88. The molecule has 0 N–H and O–H groups in total. The van der Waals surface area contributed by atoms with E-state index < -0.39 is 0 Å². The topological polar surface area (TPSA) is 47.8 Å². The molecule has 1 aliphatic rings. The predicted octanol–water partition coefficient (Wildman–Crippen LogP) is 3.23. The summed E-state index contributed by atoms with van der Waals surface area (Å²) in [7, 11) is 0. The van der Waals surface area contributed by atoms with Crippen molar-refractivity contribution in [3.63, 3.8) is 0 Å². The van der Waals surface area contributed by atoms with Gasteiger partial charge in [-0.2, -0.15) is 0 Å². The normalized spacial score (nSPS) is 13.8. The largest absolute Gasteiger partial charge is 0.295 e. The molecule has 1 aliphatic heterocycles. The van der Waals surface area contributed by atoms with Crippen LogP contribution >= 0.6 is 27.3 Å². The van der Waals surface area contributed by atoms with Crippen molar-refractivity contribution in [2.75, 3.05) is 0 Å². The van der Waals surface area contributed by atoms with Crippen molar-refractivity contribution >= 4 is 37.6 Å². The Hall–Kier alpha value is -1.53. The first-order chi connectivity index (χ1) is 9.74. The molecule has 1 aromatic carbocycles. The van der Waals surface area contributed by atoms with Gasteiger partial charge in [-0.25, -0.2) is 9.97 Å². The second-order valence-corrected chi connectivity index (χ2v) is 6.57. The van der Waals surface area contributed by atoms with Crippen LogP contribution < -0.4 is 5.56 Å². The molecule has 0 bridgehead atoms. The maximum atomic E-state index is 12.4. The van der Waals surface area contributed by atoms with Crippen LogP contribution in [0.25, 0.3) is 20.9 Å². The quantitative estimate of drug-likeness (QED) is 0.678. The van der Waals surface area contributed by atoms with Crippen molar-refractivity contribution in [3.8, 4) is 10.6 Å². The van der Waals surface area contributed by atoms with Crippen LogP contribution in [-0.4, -0.2) is 14.5 Å².